The molecule has 1 aliphatic carbocycles. The average Bonchev–Trinajstić information content (AvgIpc) is 3.60. The molecule has 0 amide bonds. The summed E-state index contributed by atoms with van der Waals surface area (Å²) >= 11 is 0. The van der Waals surface area contributed by atoms with Gasteiger partial charge in [0.05, 0.1) is 22.4 Å². The molecular formula is C52H39N3. The van der Waals surface area contributed by atoms with Crippen LogP contribution in [-0.2, 0) is 5.54 Å². The predicted octanol–water partition coefficient (Wildman–Crippen LogP) is 13.3. The summed E-state index contributed by atoms with van der Waals surface area (Å²) in [5.74, 6) is 0.112. The van der Waals surface area contributed by atoms with Gasteiger partial charge in [-0.25, -0.2) is 0 Å². The van der Waals surface area contributed by atoms with Crippen molar-refractivity contribution in [3.05, 3.63) is 230 Å². The van der Waals surface area contributed by atoms with Crippen LogP contribution < -0.4 is 10.6 Å². The SMILES string of the molecule is Nc1ccc(C2C=CC(c3ccc(-c4ccccc4)c(N(c4ccccc4)c4cccc5ccccc45)c3)(n3c4ccccc4c4ccccc43)C=C2)cc1. The van der Waals surface area contributed by atoms with E-state index in [1.165, 1.54) is 38.1 Å². The number of hydrogen-bond donors (Lipinski definition) is 1. The van der Waals surface area contributed by atoms with Gasteiger partial charge in [-0.1, -0.05) is 170 Å². The monoisotopic (exact) mass is 705 g/mol. The molecule has 0 aliphatic heterocycles. The Kier molecular flexibility index (Phi) is 7.92. The second-order valence-electron chi connectivity index (χ2n) is 14.4. The summed E-state index contributed by atoms with van der Waals surface area (Å²) in [4.78, 5) is 2.45. The molecule has 3 heteroatoms. The van der Waals surface area contributed by atoms with Crippen molar-refractivity contribution >= 4 is 55.3 Å². The van der Waals surface area contributed by atoms with Gasteiger partial charge in [-0.05, 0) is 70.6 Å². The maximum atomic E-state index is 6.11. The summed E-state index contributed by atoms with van der Waals surface area (Å²) in [6.07, 6.45) is 9.55. The number of aromatic nitrogens is 1. The fourth-order valence-corrected chi connectivity index (χ4v) is 8.57. The number of nitrogens with two attached hydrogens (primary N) is 1. The van der Waals surface area contributed by atoms with E-state index in [1.807, 2.05) is 12.1 Å². The standard InChI is InChI=1S/C52H39N3/c53-42-29-26-37(27-30-42)38-32-34-52(35-33-38,55-49-23-11-9-21-46(49)47-22-10-12-24-50(47)55)41-28-31-45(39-14-3-1-4-15-39)51(36-41)54(43-18-5-2-6-19-43)48-25-13-17-40-16-7-8-20-44(40)48/h1-36,38H,53H2. The van der Waals surface area contributed by atoms with Gasteiger partial charge in [-0.3, -0.25) is 0 Å². The smallest absolute Gasteiger partial charge is 0.107 e. The molecule has 0 unspecified atom stereocenters. The maximum absolute atomic E-state index is 6.11. The Morgan fingerprint density at radius 3 is 1.76 bits per heavy atom. The summed E-state index contributed by atoms with van der Waals surface area (Å²) in [5, 5.41) is 4.87. The van der Waals surface area contributed by atoms with E-state index < -0.39 is 5.54 Å². The molecule has 9 aromatic rings. The van der Waals surface area contributed by atoms with Crippen LogP contribution in [0.25, 0.3) is 43.7 Å². The summed E-state index contributed by atoms with van der Waals surface area (Å²) in [6, 6.07) is 69.8. The molecular weight excluding hydrogens is 667 g/mol. The predicted molar refractivity (Wildman–Crippen MR) is 232 cm³/mol. The van der Waals surface area contributed by atoms with Crippen molar-refractivity contribution in [1.82, 2.24) is 4.57 Å². The molecule has 0 spiro atoms. The van der Waals surface area contributed by atoms with Crippen LogP contribution in [0.15, 0.2) is 218 Å². The second kappa shape index (κ2) is 13.4. The topological polar surface area (TPSA) is 34.2 Å². The minimum absolute atomic E-state index is 0.112. The Morgan fingerprint density at radius 1 is 0.491 bits per heavy atom. The van der Waals surface area contributed by atoms with Crippen molar-refractivity contribution in [3.63, 3.8) is 0 Å². The first-order chi connectivity index (χ1) is 27.2. The number of benzene rings is 8. The lowest BCUT2D eigenvalue weighted by Crippen LogP contribution is -2.32. The molecule has 3 nitrogen and oxygen atoms in total. The van der Waals surface area contributed by atoms with Gasteiger partial charge < -0.3 is 15.2 Å². The van der Waals surface area contributed by atoms with Crippen molar-refractivity contribution in [3.8, 4) is 11.1 Å². The molecule has 0 saturated carbocycles. The van der Waals surface area contributed by atoms with Crippen molar-refractivity contribution in [1.29, 1.82) is 0 Å². The lowest BCUT2D eigenvalue weighted by molar-refractivity contribution is 0.582. The fourth-order valence-electron chi connectivity index (χ4n) is 8.57. The number of para-hydroxylation sites is 3. The van der Waals surface area contributed by atoms with E-state index in [0.717, 1.165) is 39.4 Å². The van der Waals surface area contributed by atoms with Crippen LogP contribution in [0, 0.1) is 0 Å². The Hall–Kier alpha value is -7.10. The fraction of sp³-hybridized carbons (Fsp3) is 0.0385. The minimum Gasteiger partial charge on any atom is -0.399 e. The largest absolute Gasteiger partial charge is 0.399 e. The maximum Gasteiger partial charge on any atom is 0.107 e. The van der Waals surface area contributed by atoms with Gasteiger partial charge in [0.25, 0.3) is 0 Å². The minimum atomic E-state index is -0.655. The zero-order valence-corrected chi connectivity index (χ0v) is 30.3. The molecule has 55 heavy (non-hydrogen) atoms. The molecule has 1 heterocycles. The van der Waals surface area contributed by atoms with Crippen molar-refractivity contribution in [2.24, 2.45) is 0 Å². The number of anilines is 4. The highest BCUT2D eigenvalue weighted by molar-refractivity contribution is 6.09. The highest BCUT2D eigenvalue weighted by atomic mass is 15.1. The Balaban J connectivity index is 1.28. The van der Waals surface area contributed by atoms with Gasteiger partial charge >= 0.3 is 0 Å². The Labute approximate surface area is 321 Å². The van der Waals surface area contributed by atoms with E-state index >= 15 is 0 Å². The van der Waals surface area contributed by atoms with Crippen LogP contribution in [0.3, 0.4) is 0 Å². The number of rotatable bonds is 7. The van der Waals surface area contributed by atoms with Crippen molar-refractivity contribution < 1.29 is 0 Å². The molecule has 262 valence electrons. The average molecular weight is 706 g/mol. The zero-order valence-electron chi connectivity index (χ0n) is 30.3. The van der Waals surface area contributed by atoms with E-state index in [2.05, 4.69) is 216 Å². The Bertz CT molecular complexity index is 2810. The van der Waals surface area contributed by atoms with E-state index in [0.29, 0.717) is 0 Å². The number of nitrogens with zero attached hydrogens (tertiary/aromatic N) is 2. The van der Waals surface area contributed by atoms with Crippen LogP contribution in [0.2, 0.25) is 0 Å². The third-order valence-electron chi connectivity index (χ3n) is 11.2. The van der Waals surface area contributed by atoms with E-state index in [-0.39, 0.29) is 5.92 Å². The highest BCUT2D eigenvalue weighted by Gasteiger charge is 2.36. The molecule has 1 aliphatic rings. The van der Waals surface area contributed by atoms with Gasteiger partial charge in [0.15, 0.2) is 0 Å². The molecule has 8 aromatic carbocycles. The van der Waals surface area contributed by atoms with Crippen LogP contribution >= 0.6 is 0 Å². The Morgan fingerprint density at radius 2 is 1.07 bits per heavy atom. The first-order valence-corrected chi connectivity index (χ1v) is 18.9. The van der Waals surface area contributed by atoms with Crippen molar-refractivity contribution in [2.45, 2.75) is 11.5 Å². The second-order valence-corrected chi connectivity index (χ2v) is 14.4. The zero-order chi connectivity index (χ0) is 36.8. The van der Waals surface area contributed by atoms with Gasteiger partial charge in [0.1, 0.15) is 5.54 Å². The molecule has 0 saturated heterocycles. The van der Waals surface area contributed by atoms with E-state index in [1.54, 1.807) is 0 Å². The summed E-state index contributed by atoms with van der Waals surface area (Å²) in [7, 11) is 0. The lowest BCUT2D eigenvalue weighted by atomic mass is 9.80. The van der Waals surface area contributed by atoms with Gasteiger partial charge in [-0.15, -0.1) is 0 Å². The number of fused-ring (bicyclic) bond motifs is 4. The third-order valence-corrected chi connectivity index (χ3v) is 11.2. The summed E-state index contributed by atoms with van der Waals surface area (Å²) in [5.41, 5.74) is 16.6. The van der Waals surface area contributed by atoms with Crippen LogP contribution in [-0.4, -0.2) is 4.57 Å². The first kappa shape index (κ1) is 32.5. The number of hydrogen-bond acceptors (Lipinski definition) is 2. The van der Waals surface area contributed by atoms with Crippen LogP contribution in [0.4, 0.5) is 22.7 Å². The van der Waals surface area contributed by atoms with Gasteiger partial charge in [0.2, 0.25) is 0 Å². The van der Waals surface area contributed by atoms with Gasteiger partial charge in [0, 0.05) is 39.0 Å². The molecule has 0 radical (unpaired) electrons. The molecule has 2 N–H and O–H groups in total. The molecule has 1 aromatic heterocycles. The normalized spacial score (nSPS) is 16.5. The molecule has 0 fully saturated rings. The van der Waals surface area contributed by atoms with Crippen LogP contribution in [0.1, 0.15) is 17.0 Å². The van der Waals surface area contributed by atoms with Crippen LogP contribution in [0.5, 0.6) is 0 Å². The summed E-state index contributed by atoms with van der Waals surface area (Å²) in [6.45, 7) is 0. The first-order valence-electron chi connectivity index (χ1n) is 18.9. The van der Waals surface area contributed by atoms with Crippen molar-refractivity contribution in [2.75, 3.05) is 10.6 Å². The molecule has 0 bridgehead atoms. The third kappa shape index (κ3) is 5.52. The highest BCUT2D eigenvalue weighted by Crippen LogP contribution is 2.48. The lowest BCUT2D eigenvalue weighted by Gasteiger charge is -2.37. The van der Waals surface area contributed by atoms with E-state index in [4.69, 9.17) is 5.73 Å². The number of allylic oxidation sites excluding steroid dienone is 4. The summed E-state index contributed by atoms with van der Waals surface area (Å²) < 4.78 is 2.54. The molecule has 10 rings (SSSR count). The quantitative estimate of drug-likeness (QED) is 0.132. The van der Waals surface area contributed by atoms with Gasteiger partial charge in [-0.2, -0.15) is 0 Å². The number of nitrogen functional groups attached to an aromatic ring is 1. The molecule has 0 atom stereocenters. The van der Waals surface area contributed by atoms with E-state index in [9.17, 15) is 0 Å².